The Hall–Kier alpha value is -0.260. The quantitative estimate of drug-likeness (QED) is 0.833. The lowest BCUT2D eigenvalue weighted by Crippen LogP contribution is -2.21. The molecule has 0 spiro atoms. The third kappa shape index (κ3) is 3.60. The SMILES string of the molecule is Nc1cc(Br)c(OCC2CCOCC2)c(Br)c1. The maximum absolute atomic E-state index is 5.86. The molecule has 0 aromatic heterocycles. The number of benzene rings is 1. The predicted molar refractivity (Wildman–Crippen MR) is 75.3 cm³/mol. The molecule has 1 aliphatic heterocycles. The molecule has 1 fully saturated rings. The maximum atomic E-state index is 5.86. The molecule has 2 N–H and O–H groups in total. The average Bonchev–Trinajstić information content (AvgIpc) is 2.29. The zero-order valence-corrected chi connectivity index (χ0v) is 12.6. The second-order valence-corrected chi connectivity index (χ2v) is 5.89. The molecule has 94 valence electrons. The Morgan fingerprint density at radius 1 is 1.24 bits per heavy atom. The van der Waals surface area contributed by atoms with Gasteiger partial charge in [-0.3, -0.25) is 0 Å². The Morgan fingerprint density at radius 3 is 2.41 bits per heavy atom. The summed E-state index contributed by atoms with van der Waals surface area (Å²) in [7, 11) is 0. The number of nitrogen functional groups attached to an aromatic ring is 1. The summed E-state index contributed by atoms with van der Waals surface area (Å²) in [5, 5.41) is 0. The van der Waals surface area contributed by atoms with Crippen LogP contribution < -0.4 is 10.5 Å². The van der Waals surface area contributed by atoms with E-state index in [-0.39, 0.29) is 0 Å². The first-order valence-corrected chi connectivity index (χ1v) is 7.20. The van der Waals surface area contributed by atoms with Crippen molar-refractivity contribution in [3.8, 4) is 5.75 Å². The van der Waals surface area contributed by atoms with E-state index in [1.165, 1.54) is 0 Å². The van der Waals surface area contributed by atoms with Gasteiger partial charge in [0, 0.05) is 18.9 Å². The van der Waals surface area contributed by atoms with E-state index in [2.05, 4.69) is 31.9 Å². The molecule has 1 saturated heterocycles. The third-order valence-electron chi connectivity index (χ3n) is 2.82. The monoisotopic (exact) mass is 363 g/mol. The van der Waals surface area contributed by atoms with Crippen molar-refractivity contribution in [2.24, 2.45) is 5.92 Å². The predicted octanol–water partition coefficient (Wildman–Crippen LogP) is 3.60. The van der Waals surface area contributed by atoms with Gasteiger partial charge in [-0.2, -0.15) is 0 Å². The first-order valence-electron chi connectivity index (χ1n) is 5.62. The molecular weight excluding hydrogens is 350 g/mol. The van der Waals surface area contributed by atoms with Gasteiger partial charge in [0.25, 0.3) is 0 Å². The Kier molecular flexibility index (Phi) is 4.70. The number of halogens is 2. The van der Waals surface area contributed by atoms with Gasteiger partial charge in [0.15, 0.2) is 0 Å². The van der Waals surface area contributed by atoms with Gasteiger partial charge in [-0.05, 0) is 62.8 Å². The van der Waals surface area contributed by atoms with Crippen molar-refractivity contribution in [3.63, 3.8) is 0 Å². The van der Waals surface area contributed by atoms with Gasteiger partial charge in [-0.15, -0.1) is 0 Å². The molecule has 0 bridgehead atoms. The van der Waals surface area contributed by atoms with Gasteiger partial charge < -0.3 is 15.2 Å². The second kappa shape index (κ2) is 6.07. The summed E-state index contributed by atoms with van der Waals surface area (Å²) >= 11 is 6.93. The van der Waals surface area contributed by atoms with Gasteiger partial charge in [-0.25, -0.2) is 0 Å². The third-order valence-corrected chi connectivity index (χ3v) is 4.00. The van der Waals surface area contributed by atoms with Crippen LogP contribution in [0, 0.1) is 5.92 Å². The zero-order valence-electron chi connectivity index (χ0n) is 9.42. The Labute approximate surface area is 118 Å². The van der Waals surface area contributed by atoms with E-state index in [9.17, 15) is 0 Å². The molecule has 5 heteroatoms. The number of anilines is 1. The lowest BCUT2D eigenvalue weighted by molar-refractivity contribution is 0.0495. The molecule has 1 heterocycles. The molecular formula is C12H15Br2NO2. The van der Waals surface area contributed by atoms with E-state index in [1.54, 1.807) is 0 Å². The number of hydrogen-bond donors (Lipinski definition) is 1. The normalized spacial score (nSPS) is 17.1. The highest BCUT2D eigenvalue weighted by atomic mass is 79.9. The molecule has 1 aromatic rings. The standard InChI is InChI=1S/C12H15Br2NO2/c13-10-5-9(15)6-11(14)12(10)17-7-8-1-3-16-4-2-8/h5-6,8H,1-4,7,15H2. The van der Waals surface area contributed by atoms with Crippen LogP contribution in [0.4, 0.5) is 5.69 Å². The number of nitrogens with two attached hydrogens (primary N) is 1. The topological polar surface area (TPSA) is 44.5 Å². The van der Waals surface area contributed by atoms with E-state index in [4.69, 9.17) is 15.2 Å². The van der Waals surface area contributed by atoms with Gasteiger partial charge in [-0.1, -0.05) is 0 Å². The van der Waals surface area contributed by atoms with Crippen molar-refractivity contribution in [3.05, 3.63) is 21.1 Å². The maximum Gasteiger partial charge on any atom is 0.147 e. The van der Waals surface area contributed by atoms with Crippen molar-refractivity contribution in [1.29, 1.82) is 0 Å². The lowest BCUT2D eigenvalue weighted by Gasteiger charge is -2.22. The highest BCUT2D eigenvalue weighted by Gasteiger charge is 2.16. The van der Waals surface area contributed by atoms with Crippen LogP contribution in [0.2, 0.25) is 0 Å². The molecule has 0 unspecified atom stereocenters. The zero-order chi connectivity index (χ0) is 12.3. The number of rotatable bonds is 3. The van der Waals surface area contributed by atoms with Crippen LogP contribution in [0.5, 0.6) is 5.75 Å². The van der Waals surface area contributed by atoms with Crippen molar-refractivity contribution >= 4 is 37.5 Å². The smallest absolute Gasteiger partial charge is 0.147 e. The minimum Gasteiger partial charge on any atom is -0.491 e. The molecule has 0 aliphatic carbocycles. The largest absolute Gasteiger partial charge is 0.491 e. The van der Waals surface area contributed by atoms with Crippen LogP contribution in [0.15, 0.2) is 21.1 Å². The minimum atomic E-state index is 0.583. The first kappa shape index (κ1) is 13.2. The van der Waals surface area contributed by atoms with Crippen LogP contribution >= 0.6 is 31.9 Å². The summed E-state index contributed by atoms with van der Waals surface area (Å²) in [6, 6.07) is 3.70. The van der Waals surface area contributed by atoms with Crippen LogP contribution in [-0.2, 0) is 4.74 Å². The molecule has 0 amide bonds. The minimum absolute atomic E-state index is 0.583. The average molecular weight is 365 g/mol. The fourth-order valence-electron chi connectivity index (χ4n) is 1.83. The summed E-state index contributed by atoms with van der Waals surface area (Å²) in [5.74, 6) is 1.41. The highest BCUT2D eigenvalue weighted by Crippen LogP contribution is 2.36. The molecule has 0 radical (unpaired) electrons. The number of hydrogen-bond acceptors (Lipinski definition) is 3. The Bertz CT molecular complexity index is 369. The summed E-state index contributed by atoms with van der Waals surface area (Å²) in [6.07, 6.45) is 2.15. The summed E-state index contributed by atoms with van der Waals surface area (Å²) in [5.41, 5.74) is 6.45. The van der Waals surface area contributed by atoms with Crippen molar-refractivity contribution in [2.45, 2.75) is 12.8 Å². The van der Waals surface area contributed by atoms with E-state index in [0.717, 1.165) is 47.4 Å². The van der Waals surface area contributed by atoms with Crippen molar-refractivity contribution in [2.75, 3.05) is 25.6 Å². The van der Waals surface area contributed by atoms with Crippen LogP contribution in [-0.4, -0.2) is 19.8 Å². The molecule has 0 atom stereocenters. The molecule has 2 rings (SSSR count). The Balaban J connectivity index is 1.98. The van der Waals surface area contributed by atoms with Crippen molar-refractivity contribution < 1.29 is 9.47 Å². The van der Waals surface area contributed by atoms with Crippen molar-refractivity contribution in [1.82, 2.24) is 0 Å². The van der Waals surface area contributed by atoms with E-state index in [1.807, 2.05) is 12.1 Å². The van der Waals surface area contributed by atoms with E-state index in [0.29, 0.717) is 11.6 Å². The lowest BCUT2D eigenvalue weighted by atomic mass is 10.0. The highest BCUT2D eigenvalue weighted by molar-refractivity contribution is 9.11. The molecule has 1 aromatic carbocycles. The van der Waals surface area contributed by atoms with E-state index < -0.39 is 0 Å². The van der Waals surface area contributed by atoms with Gasteiger partial charge in [0.05, 0.1) is 15.6 Å². The van der Waals surface area contributed by atoms with Crippen LogP contribution in [0.3, 0.4) is 0 Å². The fourth-order valence-corrected chi connectivity index (χ4v) is 3.28. The number of ether oxygens (including phenoxy) is 2. The first-order chi connectivity index (χ1) is 8.16. The summed E-state index contributed by atoms with van der Waals surface area (Å²) in [4.78, 5) is 0. The molecule has 3 nitrogen and oxygen atoms in total. The molecule has 1 aliphatic rings. The fraction of sp³-hybridized carbons (Fsp3) is 0.500. The van der Waals surface area contributed by atoms with Crippen LogP contribution in [0.25, 0.3) is 0 Å². The van der Waals surface area contributed by atoms with Gasteiger partial charge in [0.2, 0.25) is 0 Å². The summed E-state index contributed by atoms with van der Waals surface area (Å²) < 4.78 is 13.0. The Morgan fingerprint density at radius 2 is 1.82 bits per heavy atom. The second-order valence-electron chi connectivity index (χ2n) is 4.18. The van der Waals surface area contributed by atoms with E-state index >= 15 is 0 Å². The van der Waals surface area contributed by atoms with Gasteiger partial charge >= 0.3 is 0 Å². The molecule has 0 saturated carbocycles. The summed E-state index contributed by atoms with van der Waals surface area (Å²) in [6.45, 7) is 2.42. The van der Waals surface area contributed by atoms with Crippen LogP contribution in [0.1, 0.15) is 12.8 Å². The van der Waals surface area contributed by atoms with Gasteiger partial charge in [0.1, 0.15) is 5.75 Å². The molecule has 17 heavy (non-hydrogen) atoms.